The van der Waals surface area contributed by atoms with Crippen molar-refractivity contribution in [1.82, 2.24) is 15.5 Å². The number of para-hydroxylation sites is 1. The highest BCUT2D eigenvalue weighted by Crippen LogP contribution is 2.46. The van der Waals surface area contributed by atoms with Gasteiger partial charge < -0.3 is 29.7 Å². The lowest BCUT2D eigenvalue weighted by Gasteiger charge is -2.33. The van der Waals surface area contributed by atoms with Gasteiger partial charge in [0.1, 0.15) is 23.8 Å². The Labute approximate surface area is 316 Å². The van der Waals surface area contributed by atoms with E-state index in [2.05, 4.69) is 22.5 Å². The Kier molecular flexibility index (Phi) is 12.5. The van der Waals surface area contributed by atoms with E-state index in [0.29, 0.717) is 31.4 Å². The van der Waals surface area contributed by atoms with Crippen LogP contribution in [-0.4, -0.2) is 83.6 Å². The Hall–Kier alpha value is -5.20. The first-order chi connectivity index (χ1) is 25.7. The zero-order valence-corrected chi connectivity index (χ0v) is 31.7. The number of hydrogen-bond donors (Lipinski definition) is 3. The van der Waals surface area contributed by atoms with Crippen molar-refractivity contribution in [2.75, 3.05) is 18.5 Å². The topological polar surface area (TPSA) is 169 Å². The lowest BCUT2D eigenvalue weighted by atomic mass is 9.82. The zero-order valence-electron chi connectivity index (χ0n) is 31.7. The largest absolute Gasteiger partial charge is 0.464 e. The molecule has 3 aliphatic rings. The number of hydrogen-bond acceptors (Lipinski definition) is 9. The zero-order chi connectivity index (χ0) is 39.2. The number of esters is 2. The quantitative estimate of drug-likeness (QED) is 0.130. The second-order valence-electron chi connectivity index (χ2n) is 15.4. The maximum absolute atomic E-state index is 14.1. The Morgan fingerprint density at radius 1 is 1.02 bits per heavy atom. The first-order valence-corrected chi connectivity index (χ1v) is 18.7. The molecule has 0 bridgehead atoms. The average Bonchev–Trinajstić information content (AvgIpc) is 3.49. The Balaban J connectivity index is 1.29. The molecular weight excluding hydrogens is 692 g/mol. The van der Waals surface area contributed by atoms with Crippen LogP contribution in [0.1, 0.15) is 83.8 Å². The number of nitrogens with one attached hydrogen (secondary N) is 3. The van der Waals surface area contributed by atoms with Crippen molar-refractivity contribution in [3.8, 4) is 0 Å². The van der Waals surface area contributed by atoms with E-state index in [0.717, 1.165) is 11.1 Å². The summed E-state index contributed by atoms with van der Waals surface area (Å²) >= 11 is 0. The molecule has 1 aliphatic heterocycles. The van der Waals surface area contributed by atoms with Gasteiger partial charge in [0.2, 0.25) is 5.91 Å². The highest BCUT2D eigenvalue weighted by atomic mass is 16.6. The molecule has 2 aliphatic carbocycles. The molecule has 3 N–H and O–H groups in total. The minimum absolute atomic E-state index is 0.0420. The molecule has 2 aromatic rings. The molecule has 7 atom stereocenters. The average molecular weight is 745 g/mol. The molecule has 13 nitrogen and oxygen atoms in total. The third kappa shape index (κ3) is 9.29. The molecule has 1 unspecified atom stereocenters. The van der Waals surface area contributed by atoms with E-state index >= 15 is 0 Å². The lowest BCUT2D eigenvalue weighted by Crippen LogP contribution is -2.58. The number of ether oxygens (including phenoxy) is 3. The molecule has 2 fully saturated rings. The summed E-state index contributed by atoms with van der Waals surface area (Å²) in [6.45, 7) is 12.4. The molecule has 1 saturated heterocycles. The molecule has 5 rings (SSSR count). The number of likely N-dealkylation sites (tertiary alicyclic amines) is 1. The Morgan fingerprint density at radius 2 is 1.72 bits per heavy atom. The summed E-state index contributed by atoms with van der Waals surface area (Å²) in [5.41, 5.74) is 0.739. The Bertz CT molecular complexity index is 1740. The summed E-state index contributed by atoms with van der Waals surface area (Å²) in [6.07, 6.45) is 1.79. The molecule has 2 aromatic carbocycles. The molecule has 13 heteroatoms. The van der Waals surface area contributed by atoms with Crippen LogP contribution in [0.2, 0.25) is 0 Å². The molecular formula is C41H52N4O9. The summed E-state index contributed by atoms with van der Waals surface area (Å²) in [4.78, 5) is 80.9. The number of benzene rings is 2. The van der Waals surface area contributed by atoms with Gasteiger partial charge in [-0.1, -0.05) is 69.3 Å². The van der Waals surface area contributed by atoms with Crippen molar-refractivity contribution < 1.29 is 43.0 Å². The SMILES string of the molecule is C=C[C@@H]1C[C@]1(NC(=O)[C@@H]1C[C@@H](OC(=O)Nc2ccccc2)CN1C(=O)N[C@H](C(=O)CCCC1c2ccccc2C[C@H]1OC(C)=O)C(C)(C)C)C(=O)OCC. The van der Waals surface area contributed by atoms with Crippen LogP contribution in [-0.2, 0) is 39.8 Å². The normalized spacial score (nSPS) is 24.7. The van der Waals surface area contributed by atoms with Crippen LogP contribution in [0.3, 0.4) is 0 Å². The maximum atomic E-state index is 14.1. The van der Waals surface area contributed by atoms with E-state index in [9.17, 15) is 28.8 Å². The van der Waals surface area contributed by atoms with Gasteiger partial charge in [-0.3, -0.25) is 19.7 Å². The standard InChI is InChI=1S/C41H52N4O9/c1-7-27-23-41(27,37(49)52-8-2)44-36(48)32-22-29(54-39(51)42-28-16-10-9-11-17-28)24-45(32)38(50)43-35(40(4,5)6)33(47)20-14-19-31-30-18-13-12-15-26(30)21-34(31)53-25(3)46/h7,9-13,15-18,27,29,31-32,34-35H,1,8,14,19-24H2,2-6H3,(H,42,51)(H,43,50)(H,44,48)/t27-,29-,31?,32+,34-,35-,41-/m1/s1. The van der Waals surface area contributed by atoms with E-state index in [4.69, 9.17) is 14.2 Å². The number of carbonyl (C=O) groups excluding carboxylic acids is 6. The minimum atomic E-state index is -1.31. The van der Waals surface area contributed by atoms with Gasteiger partial charge in [0.25, 0.3) is 0 Å². The third-order valence-corrected chi connectivity index (χ3v) is 10.4. The first kappa shape index (κ1) is 40.0. The van der Waals surface area contributed by atoms with Crippen LogP contribution < -0.4 is 16.0 Å². The van der Waals surface area contributed by atoms with Crippen molar-refractivity contribution in [1.29, 1.82) is 0 Å². The van der Waals surface area contributed by atoms with Gasteiger partial charge in [0, 0.05) is 43.7 Å². The fraction of sp³-hybridized carbons (Fsp3) is 0.512. The van der Waals surface area contributed by atoms with Crippen LogP contribution in [0.5, 0.6) is 0 Å². The smallest absolute Gasteiger partial charge is 0.411 e. The highest BCUT2D eigenvalue weighted by molar-refractivity contribution is 5.96. The van der Waals surface area contributed by atoms with Crippen LogP contribution in [0.4, 0.5) is 15.3 Å². The summed E-state index contributed by atoms with van der Waals surface area (Å²) in [5, 5.41) is 8.36. The van der Waals surface area contributed by atoms with Gasteiger partial charge in [0.15, 0.2) is 5.78 Å². The monoisotopic (exact) mass is 744 g/mol. The van der Waals surface area contributed by atoms with Crippen molar-refractivity contribution >= 4 is 41.4 Å². The molecule has 4 amide bonds. The van der Waals surface area contributed by atoms with Gasteiger partial charge in [-0.2, -0.15) is 0 Å². The first-order valence-electron chi connectivity index (χ1n) is 18.7. The number of urea groups is 1. The van der Waals surface area contributed by atoms with E-state index in [1.807, 2.05) is 45.0 Å². The van der Waals surface area contributed by atoms with Gasteiger partial charge in [-0.15, -0.1) is 6.58 Å². The van der Waals surface area contributed by atoms with Crippen LogP contribution in [0.25, 0.3) is 0 Å². The number of ketones is 1. The van der Waals surface area contributed by atoms with Crippen molar-refractivity contribution in [2.24, 2.45) is 11.3 Å². The fourth-order valence-corrected chi connectivity index (χ4v) is 7.69. The number of nitrogens with zero attached hydrogens (tertiary/aromatic N) is 1. The summed E-state index contributed by atoms with van der Waals surface area (Å²) in [7, 11) is 0. The Morgan fingerprint density at radius 3 is 2.37 bits per heavy atom. The van der Waals surface area contributed by atoms with Gasteiger partial charge in [-0.25, -0.2) is 14.4 Å². The molecule has 54 heavy (non-hydrogen) atoms. The van der Waals surface area contributed by atoms with E-state index in [-0.39, 0.29) is 55.7 Å². The van der Waals surface area contributed by atoms with E-state index in [1.54, 1.807) is 43.3 Å². The lowest BCUT2D eigenvalue weighted by molar-refractivity contribution is -0.149. The van der Waals surface area contributed by atoms with Crippen molar-refractivity contribution in [3.63, 3.8) is 0 Å². The summed E-state index contributed by atoms with van der Waals surface area (Å²) in [6, 6.07) is 13.9. The number of amides is 4. The summed E-state index contributed by atoms with van der Waals surface area (Å²) in [5.74, 6) is -2.14. The maximum Gasteiger partial charge on any atom is 0.411 e. The number of rotatable bonds is 14. The third-order valence-electron chi connectivity index (χ3n) is 10.4. The highest BCUT2D eigenvalue weighted by Gasteiger charge is 2.62. The second kappa shape index (κ2) is 16.9. The van der Waals surface area contributed by atoms with E-state index in [1.165, 1.54) is 11.8 Å². The van der Waals surface area contributed by atoms with Crippen LogP contribution in [0, 0.1) is 11.3 Å². The number of fused-ring (bicyclic) bond motifs is 1. The molecule has 1 heterocycles. The second-order valence-corrected chi connectivity index (χ2v) is 15.4. The predicted octanol–water partition coefficient (Wildman–Crippen LogP) is 5.44. The molecule has 0 spiro atoms. The van der Waals surface area contributed by atoms with E-state index < -0.39 is 53.1 Å². The predicted molar refractivity (Wildman–Crippen MR) is 200 cm³/mol. The summed E-state index contributed by atoms with van der Waals surface area (Å²) < 4.78 is 16.6. The molecule has 290 valence electrons. The minimum Gasteiger partial charge on any atom is -0.464 e. The number of carbonyl (C=O) groups is 6. The van der Waals surface area contributed by atoms with Crippen molar-refractivity contribution in [2.45, 2.75) is 109 Å². The molecule has 1 saturated carbocycles. The number of anilines is 1. The van der Waals surface area contributed by atoms with Gasteiger partial charge in [0.05, 0.1) is 19.2 Å². The van der Waals surface area contributed by atoms with Gasteiger partial charge in [-0.05, 0) is 54.9 Å². The van der Waals surface area contributed by atoms with Crippen LogP contribution >= 0.6 is 0 Å². The molecule has 0 radical (unpaired) electrons. The molecule has 0 aromatic heterocycles. The van der Waals surface area contributed by atoms with Gasteiger partial charge >= 0.3 is 24.1 Å². The van der Waals surface area contributed by atoms with Crippen molar-refractivity contribution in [3.05, 3.63) is 78.4 Å². The number of Topliss-reactive ketones (excluding diaryl/α,β-unsaturated/α-hetero) is 1. The van der Waals surface area contributed by atoms with Crippen LogP contribution in [0.15, 0.2) is 67.3 Å². The fourth-order valence-electron chi connectivity index (χ4n) is 7.69.